The van der Waals surface area contributed by atoms with Crippen LogP contribution in [0.1, 0.15) is 19.8 Å². The van der Waals surface area contributed by atoms with Gasteiger partial charge in [0.15, 0.2) is 0 Å². The van der Waals surface area contributed by atoms with Gasteiger partial charge in [0.05, 0.1) is 18.8 Å². The lowest BCUT2D eigenvalue weighted by molar-refractivity contribution is -0.135. The van der Waals surface area contributed by atoms with E-state index in [0.29, 0.717) is 13.1 Å². The zero-order chi connectivity index (χ0) is 12.3. The van der Waals surface area contributed by atoms with Crippen molar-refractivity contribution >= 4 is 5.91 Å². The fourth-order valence-electron chi connectivity index (χ4n) is 2.66. The summed E-state index contributed by atoms with van der Waals surface area (Å²) >= 11 is 0. The molecule has 2 atom stereocenters. The van der Waals surface area contributed by atoms with Crippen LogP contribution >= 0.6 is 0 Å². The number of hydrogen-bond donors (Lipinski definition) is 1. The van der Waals surface area contributed by atoms with Crippen molar-refractivity contribution in [3.8, 4) is 0 Å². The van der Waals surface area contributed by atoms with Crippen molar-refractivity contribution in [2.24, 2.45) is 5.73 Å². The summed E-state index contributed by atoms with van der Waals surface area (Å²) in [5, 5.41) is 0. The summed E-state index contributed by atoms with van der Waals surface area (Å²) in [4.78, 5) is 16.2. The maximum Gasteiger partial charge on any atom is 0.236 e. The Labute approximate surface area is 103 Å². The fraction of sp³-hybridized carbons (Fsp3) is 0.917. The summed E-state index contributed by atoms with van der Waals surface area (Å²) in [5.74, 6) is 0.257. The standard InChI is InChI=1S/C12H23N3O2/c1-10-7-14(8-11(6-13)17-10)9-12(16)15-4-2-3-5-15/h10-11H,2-9,13H2,1H3. The molecule has 0 aromatic carbocycles. The largest absolute Gasteiger partial charge is 0.371 e. The van der Waals surface area contributed by atoms with E-state index in [-0.39, 0.29) is 18.1 Å². The Balaban J connectivity index is 1.82. The van der Waals surface area contributed by atoms with E-state index in [1.54, 1.807) is 0 Å². The molecule has 0 aliphatic carbocycles. The molecule has 0 saturated carbocycles. The molecule has 98 valence electrons. The van der Waals surface area contributed by atoms with Gasteiger partial charge >= 0.3 is 0 Å². The van der Waals surface area contributed by atoms with E-state index >= 15 is 0 Å². The van der Waals surface area contributed by atoms with Gasteiger partial charge in [-0.1, -0.05) is 0 Å². The van der Waals surface area contributed by atoms with Crippen LogP contribution in [0, 0.1) is 0 Å². The zero-order valence-corrected chi connectivity index (χ0v) is 10.6. The Morgan fingerprint density at radius 3 is 2.71 bits per heavy atom. The maximum absolute atomic E-state index is 12.0. The minimum Gasteiger partial charge on any atom is -0.371 e. The van der Waals surface area contributed by atoms with Crippen molar-refractivity contribution in [2.75, 3.05) is 39.3 Å². The number of morpholine rings is 1. The van der Waals surface area contributed by atoms with E-state index < -0.39 is 0 Å². The predicted molar refractivity (Wildman–Crippen MR) is 65.6 cm³/mol. The van der Waals surface area contributed by atoms with Crippen molar-refractivity contribution in [1.82, 2.24) is 9.80 Å². The molecular weight excluding hydrogens is 218 g/mol. The Morgan fingerprint density at radius 1 is 1.35 bits per heavy atom. The number of rotatable bonds is 3. The highest BCUT2D eigenvalue weighted by molar-refractivity contribution is 5.78. The molecule has 0 aromatic heterocycles. The first-order valence-corrected chi connectivity index (χ1v) is 6.54. The van der Waals surface area contributed by atoms with Crippen LogP contribution < -0.4 is 5.73 Å². The first kappa shape index (κ1) is 12.8. The van der Waals surface area contributed by atoms with E-state index in [4.69, 9.17) is 10.5 Å². The zero-order valence-electron chi connectivity index (χ0n) is 10.6. The highest BCUT2D eigenvalue weighted by Crippen LogP contribution is 2.12. The van der Waals surface area contributed by atoms with Crippen molar-refractivity contribution < 1.29 is 9.53 Å². The van der Waals surface area contributed by atoms with E-state index in [2.05, 4.69) is 4.90 Å². The van der Waals surface area contributed by atoms with Crippen molar-refractivity contribution in [2.45, 2.75) is 32.0 Å². The van der Waals surface area contributed by atoms with Crippen LogP contribution in [0.2, 0.25) is 0 Å². The summed E-state index contributed by atoms with van der Waals surface area (Å²) in [6.45, 7) is 6.55. The van der Waals surface area contributed by atoms with Gasteiger partial charge in [-0.15, -0.1) is 0 Å². The smallest absolute Gasteiger partial charge is 0.236 e. The van der Waals surface area contributed by atoms with Gasteiger partial charge < -0.3 is 15.4 Å². The molecule has 2 unspecified atom stereocenters. The molecule has 2 rings (SSSR count). The Bertz CT molecular complexity index is 266. The molecule has 2 aliphatic rings. The van der Waals surface area contributed by atoms with Gasteiger partial charge in [0, 0.05) is 32.7 Å². The number of hydrogen-bond acceptors (Lipinski definition) is 4. The van der Waals surface area contributed by atoms with Crippen LogP contribution in [0.3, 0.4) is 0 Å². The van der Waals surface area contributed by atoms with E-state index in [0.717, 1.165) is 39.0 Å². The molecule has 2 saturated heterocycles. The number of nitrogens with zero attached hydrogens (tertiary/aromatic N) is 2. The molecule has 0 bridgehead atoms. The molecule has 0 radical (unpaired) electrons. The van der Waals surface area contributed by atoms with Crippen molar-refractivity contribution in [3.63, 3.8) is 0 Å². The Kier molecular flexibility index (Phi) is 4.36. The van der Waals surface area contributed by atoms with Crippen LogP contribution in [0.25, 0.3) is 0 Å². The molecule has 0 spiro atoms. The average Bonchev–Trinajstić information content (AvgIpc) is 2.81. The molecule has 5 heteroatoms. The molecule has 2 heterocycles. The monoisotopic (exact) mass is 241 g/mol. The highest BCUT2D eigenvalue weighted by Gasteiger charge is 2.27. The first-order chi connectivity index (χ1) is 8.19. The maximum atomic E-state index is 12.0. The molecule has 17 heavy (non-hydrogen) atoms. The minimum absolute atomic E-state index is 0.0742. The van der Waals surface area contributed by atoms with E-state index in [9.17, 15) is 4.79 Å². The molecule has 2 fully saturated rings. The fourth-order valence-corrected chi connectivity index (χ4v) is 2.66. The van der Waals surface area contributed by atoms with Crippen LogP contribution in [0.5, 0.6) is 0 Å². The second-order valence-electron chi connectivity index (χ2n) is 5.09. The summed E-state index contributed by atoms with van der Waals surface area (Å²) < 4.78 is 5.68. The summed E-state index contributed by atoms with van der Waals surface area (Å²) in [5.41, 5.74) is 5.63. The number of amides is 1. The summed E-state index contributed by atoms with van der Waals surface area (Å²) in [6, 6.07) is 0. The number of nitrogens with two attached hydrogens (primary N) is 1. The Morgan fingerprint density at radius 2 is 2.06 bits per heavy atom. The lowest BCUT2D eigenvalue weighted by Gasteiger charge is -2.36. The molecule has 0 aromatic rings. The van der Waals surface area contributed by atoms with Crippen LogP contribution in [0.15, 0.2) is 0 Å². The second kappa shape index (κ2) is 5.80. The topological polar surface area (TPSA) is 58.8 Å². The average molecular weight is 241 g/mol. The van der Waals surface area contributed by atoms with Gasteiger partial charge in [0.25, 0.3) is 0 Å². The molecular formula is C12H23N3O2. The number of carbonyl (C=O) groups is 1. The highest BCUT2D eigenvalue weighted by atomic mass is 16.5. The predicted octanol–water partition coefficient (Wildman–Crippen LogP) is -0.343. The second-order valence-corrected chi connectivity index (χ2v) is 5.09. The third-order valence-electron chi connectivity index (χ3n) is 3.48. The van der Waals surface area contributed by atoms with Crippen molar-refractivity contribution in [1.29, 1.82) is 0 Å². The third kappa shape index (κ3) is 3.40. The normalized spacial score (nSPS) is 30.8. The van der Waals surface area contributed by atoms with Gasteiger partial charge in [0.1, 0.15) is 0 Å². The van der Waals surface area contributed by atoms with Crippen LogP contribution in [-0.2, 0) is 9.53 Å². The third-order valence-corrected chi connectivity index (χ3v) is 3.48. The van der Waals surface area contributed by atoms with Crippen LogP contribution in [0.4, 0.5) is 0 Å². The lowest BCUT2D eigenvalue weighted by atomic mass is 10.2. The van der Waals surface area contributed by atoms with E-state index in [1.165, 1.54) is 0 Å². The number of carbonyl (C=O) groups excluding carboxylic acids is 1. The van der Waals surface area contributed by atoms with Gasteiger partial charge in [-0.25, -0.2) is 0 Å². The summed E-state index contributed by atoms with van der Waals surface area (Å²) in [7, 11) is 0. The Hall–Kier alpha value is -0.650. The van der Waals surface area contributed by atoms with Crippen LogP contribution in [-0.4, -0.2) is 67.2 Å². The van der Waals surface area contributed by atoms with E-state index in [1.807, 2.05) is 11.8 Å². The van der Waals surface area contributed by atoms with Crippen molar-refractivity contribution in [3.05, 3.63) is 0 Å². The quantitative estimate of drug-likeness (QED) is 0.734. The first-order valence-electron chi connectivity index (χ1n) is 6.54. The number of likely N-dealkylation sites (tertiary alicyclic amines) is 1. The molecule has 2 aliphatic heterocycles. The van der Waals surface area contributed by atoms with Gasteiger partial charge in [-0.3, -0.25) is 9.69 Å². The SMILES string of the molecule is CC1CN(CC(=O)N2CCCC2)CC(CN)O1. The van der Waals surface area contributed by atoms with Gasteiger partial charge in [-0.05, 0) is 19.8 Å². The summed E-state index contributed by atoms with van der Waals surface area (Å²) in [6.07, 6.45) is 2.54. The molecule has 5 nitrogen and oxygen atoms in total. The molecule has 2 N–H and O–H groups in total. The number of ether oxygens (including phenoxy) is 1. The molecule has 1 amide bonds. The minimum atomic E-state index is 0.0742. The van der Waals surface area contributed by atoms with Gasteiger partial charge in [-0.2, -0.15) is 0 Å². The van der Waals surface area contributed by atoms with Gasteiger partial charge in [0.2, 0.25) is 5.91 Å². The lowest BCUT2D eigenvalue weighted by Crippen LogP contribution is -2.52.